The summed E-state index contributed by atoms with van der Waals surface area (Å²) in [5, 5.41) is 9.10. The molecule has 1 aromatic carbocycles. The first-order valence-corrected chi connectivity index (χ1v) is 8.53. The molecule has 0 bridgehead atoms. The first-order chi connectivity index (χ1) is 12.0. The Bertz CT molecular complexity index is 799. The van der Waals surface area contributed by atoms with Crippen molar-refractivity contribution in [2.45, 2.75) is 39.2 Å². The smallest absolute Gasteiger partial charge is 0.337 e. The van der Waals surface area contributed by atoms with Crippen LogP contribution in [0.25, 0.3) is 0 Å². The van der Waals surface area contributed by atoms with Crippen LogP contribution in [0.4, 0.5) is 0 Å². The van der Waals surface area contributed by atoms with Crippen LogP contribution in [0.5, 0.6) is 0 Å². The van der Waals surface area contributed by atoms with Gasteiger partial charge in [0.1, 0.15) is 5.69 Å². The molecule has 1 amide bonds. The zero-order valence-electron chi connectivity index (χ0n) is 14.5. The van der Waals surface area contributed by atoms with Gasteiger partial charge in [0.15, 0.2) is 0 Å². The normalized spacial score (nSPS) is 16.9. The highest BCUT2D eigenvalue weighted by atomic mass is 16.4. The van der Waals surface area contributed by atoms with Crippen molar-refractivity contribution in [3.63, 3.8) is 0 Å². The van der Waals surface area contributed by atoms with Gasteiger partial charge in [0.25, 0.3) is 5.91 Å². The van der Waals surface area contributed by atoms with Crippen LogP contribution in [0.2, 0.25) is 0 Å². The Labute approximate surface area is 147 Å². The number of carbonyl (C=O) groups is 2. The molecular formula is C20H22N2O3. The Morgan fingerprint density at radius 2 is 1.88 bits per heavy atom. The average Bonchev–Trinajstić information content (AvgIpc) is 3.04. The third-order valence-electron chi connectivity index (χ3n) is 4.77. The first kappa shape index (κ1) is 17.1. The van der Waals surface area contributed by atoms with Crippen LogP contribution >= 0.6 is 0 Å². The summed E-state index contributed by atoms with van der Waals surface area (Å²) in [6.45, 7) is 4.40. The van der Waals surface area contributed by atoms with Gasteiger partial charge in [0.2, 0.25) is 0 Å². The Balaban J connectivity index is 1.77. The fraction of sp³-hybridized carbons (Fsp3) is 0.350. The third kappa shape index (κ3) is 3.71. The van der Waals surface area contributed by atoms with E-state index in [1.54, 1.807) is 6.92 Å². The fourth-order valence-corrected chi connectivity index (χ4v) is 3.36. The number of aromatic carboxylic acids is 1. The lowest BCUT2D eigenvalue weighted by molar-refractivity contribution is 0.0689. The van der Waals surface area contributed by atoms with E-state index < -0.39 is 5.97 Å². The molecular weight excluding hydrogens is 316 g/mol. The maximum absolute atomic E-state index is 12.9. The predicted molar refractivity (Wildman–Crippen MR) is 94.9 cm³/mol. The molecule has 1 unspecified atom stereocenters. The molecule has 5 heteroatoms. The lowest BCUT2D eigenvalue weighted by Gasteiger charge is -2.25. The van der Waals surface area contributed by atoms with Crippen LogP contribution in [0, 0.1) is 13.8 Å². The monoisotopic (exact) mass is 338 g/mol. The molecule has 0 saturated carbocycles. The van der Waals surface area contributed by atoms with E-state index in [0.29, 0.717) is 11.4 Å². The van der Waals surface area contributed by atoms with E-state index in [-0.39, 0.29) is 17.5 Å². The van der Waals surface area contributed by atoms with Gasteiger partial charge >= 0.3 is 5.97 Å². The first-order valence-electron chi connectivity index (χ1n) is 8.53. The molecule has 1 atom stereocenters. The third-order valence-corrected chi connectivity index (χ3v) is 4.77. The molecule has 25 heavy (non-hydrogen) atoms. The summed E-state index contributed by atoms with van der Waals surface area (Å²) in [6.07, 6.45) is 2.79. The molecule has 1 aromatic heterocycles. The number of carboxylic acids is 1. The molecule has 3 rings (SSSR count). The Morgan fingerprint density at radius 3 is 2.52 bits per heavy atom. The van der Waals surface area contributed by atoms with Gasteiger partial charge in [-0.2, -0.15) is 0 Å². The Hall–Kier alpha value is -2.69. The highest BCUT2D eigenvalue weighted by molar-refractivity contribution is 5.94. The molecule has 0 aliphatic carbocycles. The van der Waals surface area contributed by atoms with Crippen molar-refractivity contribution in [3.8, 4) is 0 Å². The van der Waals surface area contributed by atoms with Crippen LogP contribution in [-0.2, 0) is 6.42 Å². The van der Waals surface area contributed by atoms with Crippen molar-refractivity contribution >= 4 is 11.9 Å². The van der Waals surface area contributed by atoms with E-state index in [2.05, 4.69) is 36.2 Å². The minimum absolute atomic E-state index is 0.116. The molecule has 5 nitrogen and oxygen atoms in total. The largest absolute Gasteiger partial charge is 0.478 e. The van der Waals surface area contributed by atoms with Gasteiger partial charge in [-0.3, -0.25) is 4.79 Å². The minimum atomic E-state index is -1.03. The lowest BCUT2D eigenvalue weighted by Crippen LogP contribution is -2.37. The number of hydrogen-bond donors (Lipinski definition) is 1. The van der Waals surface area contributed by atoms with Crippen molar-refractivity contribution in [2.24, 2.45) is 0 Å². The topological polar surface area (TPSA) is 70.5 Å². The van der Waals surface area contributed by atoms with Crippen molar-refractivity contribution < 1.29 is 14.7 Å². The summed E-state index contributed by atoms with van der Waals surface area (Å²) in [4.78, 5) is 30.1. The number of pyridine rings is 1. The second-order valence-corrected chi connectivity index (χ2v) is 6.62. The van der Waals surface area contributed by atoms with Gasteiger partial charge in [0.05, 0.1) is 11.3 Å². The molecule has 1 fully saturated rings. The molecule has 1 N–H and O–H groups in total. The maximum Gasteiger partial charge on any atom is 0.337 e. The lowest BCUT2D eigenvalue weighted by atomic mass is 10.0. The zero-order chi connectivity index (χ0) is 18.0. The summed E-state index contributed by atoms with van der Waals surface area (Å²) in [5.74, 6) is -1.14. The molecule has 1 saturated heterocycles. The van der Waals surface area contributed by atoms with Crippen molar-refractivity contribution in [1.29, 1.82) is 0 Å². The van der Waals surface area contributed by atoms with Gasteiger partial charge in [-0.1, -0.05) is 29.8 Å². The number of likely N-dealkylation sites (tertiary alicyclic amines) is 1. The van der Waals surface area contributed by atoms with E-state index in [9.17, 15) is 9.59 Å². The number of amides is 1. The summed E-state index contributed by atoms with van der Waals surface area (Å²) < 4.78 is 0. The van der Waals surface area contributed by atoms with E-state index in [0.717, 1.165) is 25.8 Å². The Kier molecular flexibility index (Phi) is 4.83. The summed E-state index contributed by atoms with van der Waals surface area (Å²) >= 11 is 0. The van der Waals surface area contributed by atoms with Crippen LogP contribution in [-0.4, -0.2) is 39.5 Å². The van der Waals surface area contributed by atoms with Gasteiger partial charge in [-0.15, -0.1) is 0 Å². The predicted octanol–water partition coefficient (Wildman–Crippen LogP) is 3.24. The number of nitrogens with zero attached hydrogens (tertiary/aromatic N) is 2. The quantitative estimate of drug-likeness (QED) is 0.929. The maximum atomic E-state index is 12.9. The highest BCUT2D eigenvalue weighted by Crippen LogP contribution is 2.23. The van der Waals surface area contributed by atoms with Crippen molar-refractivity contribution in [1.82, 2.24) is 9.88 Å². The standard InChI is InChI=1S/C20H22N2O3/c1-13-5-7-15(8-6-13)12-16-4-3-11-22(16)19(23)18-10-9-17(20(24)25)14(2)21-18/h5-10,16H,3-4,11-12H2,1-2H3,(H,24,25). The summed E-state index contributed by atoms with van der Waals surface area (Å²) in [5.41, 5.74) is 3.27. The fourth-order valence-electron chi connectivity index (χ4n) is 3.36. The average molecular weight is 338 g/mol. The zero-order valence-corrected chi connectivity index (χ0v) is 14.5. The Morgan fingerprint density at radius 1 is 1.16 bits per heavy atom. The number of carbonyl (C=O) groups excluding carboxylic acids is 1. The summed E-state index contributed by atoms with van der Waals surface area (Å²) in [7, 11) is 0. The highest BCUT2D eigenvalue weighted by Gasteiger charge is 2.30. The minimum Gasteiger partial charge on any atom is -0.478 e. The van der Waals surface area contributed by atoms with E-state index in [1.807, 2.05) is 4.90 Å². The molecule has 2 heterocycles. The second-order valence-electron chi connectivity index (χ2n) is 6.62. The van der Waals surface area contributed by atoms with E-state index >= 15 is 0 Å². The molecule has 0 spiro atoms. The van der Waals surface area contributed by atoms with Crippen LogP contribution in [0.3, 0.4) is 0 Å². The van der Waals surface area contributed by atoms with Crippen LogP contribution < -0.4 is 0 Å². The number of benzene rings is 1. The van der Waals surface area contributed by atoms with E-state index in [4.69, 9.17) is 5.11 Å². The molecule has 1 aliphatic heterocycles. The molecule has 1 aliphatic rings. The van der Waals surface area contributed by atoms with Gasteiger partial charge < -0.3 is 10.0 Å². The summed E-state index contributed by atoms with van der Waals surface area (Å²) in [6, 6.07) is 11.5. The molecule has 130 valence electrons. The number of aryl methyl sites for hydroxylation is 2. The van der Waals surface area contributed by atoms with Crippen molar-refractivity contribution in [2.75, 3.05) is 6.54 Å². The van der Waals surface area contributed by atoms with Gasteiger partial charge in [-0.25, -0.2) is 9.78 Å². The molecule has 2 aromatic rings. The van der Waals surface area contributed by atoms with Gasteiger partial charge in [0, 0.05) is 12.6 Å². The second kappa shape index (κ2) is 7.05. The van der Waals surface area contributed by atoms with Crippen LogP contribution in [0.15, 0.2) is 36.4 Å². The molecule has 0 radical (unpaired) electrons. The van der Waals surface area contributed by atoms with Gasteiger partial charge in [-0.05, 0) is 50.8 Å². The number of rotatable bonds is 4. The number of hydrogen-bond acceptors (Lipinski definition) is 3. The number of carboxylic acid groups (broad SMARTS) is 1. The number of aromatic nitrogens is 1. The van der Waals surface area contributed by atoms with Crippen molar-refractivity contribution in [3.05, 3.63) is 64.5 Å². The van der Waals surface area contributed by atoms with Crippen LogP contribution in [0.1, 0.15) is 50.5 Å². The SMILES string of the molecule is Cc1ccc(CC2CCCN2C(=O)c2ccc(C(=O)O)c(C)n2)cc1. The van der Waals surface area contributed by atoms with E-state index in [1.165, 1.54) is 23.3 Å².